The third-order valence-corrected chi connectivity index (χ3v) is 4.80. The molecule has 0 spiro atoms. The molecule has 0 aliphatic heterocycles. The van der Waals surface area contributed by atoms with E-state index in [1.807, 2.05) is 44.2 Å². The number of nitrogens with zero attached hydrogens (tertiary/aromatic N) is 2. The molecule has 0 aliphatic rings. The fourth-order valence-electron chi connectivity index (χ4n) is 2.46. The molecule has 2 aromatic rings. The van der Waals surface area contributed by atoms with Crippen molar-refractivity contribution in [1.29, 1.82) is 0 Å². The lowest BCUT2D eigenvalue weighted by atomic mass is 9.87. The Balaban J connectivity index is 1.85. The molecule has 1 N–H and O–H groups in total. The molecule has 0 bridgehead atoms. The SMILES string of the molecule is Cc1cc(C)nc(SCC(=O)OC(C)C(=O)Nc2ccc(C(C)(C)C)cc2)n1. The number of carbonyl (C=O) groups excluding carboxylic acids is 2. The first-order valence-electron chi connectivity index (χ1n) is 9.10. The topological polar surface area (TPSA) is 81.2 Å². The Kier molecular flexibility index (Phi) is 7.18. The number of anilines is 1. The van der Waals surface area contributed by atoms with Gasteiger partial charge in [-0.2, -0.15) is 0 Å². The van der Waals surface area contributed by atoms with Crippen molar-refractivity contribution in [3.8, 4) is 0 Å². The van der Waals surface area contributed by atoms with E-state index < -0.39 is 12.1 Å². The zero-order valence-corrected chi connectivity index (χ0v) is 18.0. The standard InChI is InChI=1S/C21H27N3O3S/c1-13-11-14(2)23-20(22-13)28-12-18(25)27-15(3)19(26)24-17-9-7-16(8-10-17)21(4,5)6/h7-11,15H,12H2,1-6H3,(H,24,26). The van der Waals surface area contributed by atoms with Gasteiger partial charge in [0.05, 0.1) is 5.75 Å². The van der Waals surface area contributed by atoms with Crippen molar-refractivity contribution < 1.29 is 14.3 Å². The van der Waals surface area contributed by atoms with Crippen molar-refractivity contribution in [3.63, 3.8) is 0 Å². The minimum Gasteiger partial charge on any atom is -0.452 e. The summed E-state index contributed by atoms with van der Waals surface area (Å²) in [6.45, 7) is 11.7. The van der Waals surface area contributed by atoms with Crippen LogP contribution in [-0.4, -0.2) is 33.7 Å². The first-order chi connectivity index (χ1) is 13.0. The van der Waals surface area contributed by atoms with E-state index in [1.165, 1.54) is 17.3 Å². The van der Waals surface area contributed by atoms with Gasteiger partial charge in [0.1, 0.15) is 0 Å². The van der Waals surface area contributed by atoms with Crippen LogP contribution < -0.4 is 5.32 Å². The highest BCUT2D eigenvalue weighted by molar-refractivity contribution is 7.99. The molecule has 28 heavy (non-hydrogen) atoms. The molecule has 7 heteroatoms. The van der Waals surface area contributed by atoms with Gasteiger partial charge in [0.25, 0.3) is 5.91 Å². The fraction of sp³-hybridized carbons (Fsp3) is 0.429. The second-order valence-corrected chi connectivity index (χ2v) is 8.61. The Hall–Kier alpha value is -2.41. The Bertz CT molecular complexity index is 825. The number of hydrogen-bond donors (Lipinski definition) is 1. The Morgan fingerprint density at radius 1 is 1.11 bits per heavy atom. The molecule has 0 radical (unpaired) electrons. The van der Waals surface area contributed by atoms with Crippen molar-refractivity contribution in [2.24, 2.45) is 0 Å². The zero-order chi connectivity index (χ0) is 20.9. The molecule has 0 saturated carbocycles. The second kappa shape index (κ2) is 9.19. The largest absolute Gasteiger partial charge is 0.452 e. The maximum absolute atomic E-state index is 12.3. The number of rotatable bonds is 6. The number of nitrogens with one attached hydrogen (secondary N) is 1. The van der Waals surface area contributed by atoms with Crippen molar-refractivity contribution in [1.82, 2.24) is 9.97 Å². The second-order valence-electron chi connectivity index (χ2n) is 7.67. The maximum Gasteiger partial charge on any atom is 0.317 e. The molecule has 1 aromatic heterocycles. The summed E-state index contributed by atoms with van der Waals surface area (Å²) in [4.78, 5) is 32.8. The molecule has 0 aliphatic carbocycles. The van der Waals surface area contributed by atoms with Gasteiger partial charge in [0.2, 0.25) is 0 Å². The predicted octanol–water partition coefficient (Wildman–Crippen LogP) is 4.05. The molecule has 6 nitrogen and oxygen atoms in total. The lowest BCUT2D eigenvalue weighted by Crippen LogP contribution is -2.30. The number of aryl methyl sites for hydroxylation is 2. The van der Waals surface area contributed by atoms with E-state index in [1.54, 1.807) is 6.92 Å². The minimum atomic E-state index is -0.893. The van der Waals surface area contributed by atoms with Crippen molar-refractivity contribution in [3.05, 3.63) is 47.3 Å². The molecule has 1 unspecified atom stereocenters. The number of ether oxygens (including phenoxy) is 1. The number of amides is 1. The summed E-state index contributed by atoms with van der Waals surface area (Å²) < 4.78 is 5.22. The Labute approximate surface area is 170 Å². The normalized spacial score (nSPS) is 12.4. The van der Waals surface area contributed by atoms with E-state index in [9.17, 15) is 9.59 Å². The summed E-state index contributed by atoms with van der Waals surface area (Å²) >= 11 is 1.19. The summed E-state index contributed by atoms with van der Waals surface area (Å²) in [5, 5.41) is 3.29. The van der Waals surface area contributed by atoms with Crippen LogP contribution in [0.4, 0.5) is 5.69 Å². The minimum absolute atomic E-state index is 0.0425. The average molecular weight is 402 g/mol. The van der Waals surface area contributed by atoms with Gasteiger partial charge in [-0.1, -0.05) is 44.7 Å². The summed E-state index contributed by atoms with van der Waals surface area (Å²) in [5.74, 6) is -0.816. The highest BCUT2D eigenvalue weighted by Crippen LogP contribution is 2.23. The number of benzene rings is 1. The smallest absolute Gasteiger partial charge is 0.317 e. The number of esters is 1. The van der Waals surface area contributed by atoms with E-state index in [2.05, 4.69) is 36.1 Å². The van der Waals surface area contributed by atoms with Gasteiger partial charge in [-0.25, -0.2) is 9.97 Å². The van der Waals surface area contributed by atoms with Crippen LogP contribution in [0.1, 0.15) is 44.6 Å². The number of thioether (sulfide) groups is 1. The molecule has 0 saturated heterocycles. The zero-order valence-electron chi connectivity index (χ0n) is 17.2. The molecule has 0 fully saturated rings. The Morgan fingerprint density at radius 3 is 2.21 bits per heavy atom. The molecular weight excluding hydrogens is 374 g/mol. The van der Waals surface area contributed by atoms with E-state index in [4.69, 9.17) is 4.74 Å². The van der Waals surface area contributed by atoms with Crippen LogP contribution >= 0.6 is 11.8 Å². The molecular formula is C21H27N3O3S. The van der Waals surface area contributed by atoms with E-state index in [0.29, 0.717) is 10.8 Å². The molecule has 1 atom stereocenters. The van der Waals surface area contributed by atoms with Crippen LogP contribution in [0.25, 0.3) is 0 Å². The molecule has 150 valence electrons. The summed E-state index contributed by atoms with van der Waals surface area (Å²) in [6.07, 6.45) is -0.893. The van der Waals surface area contributed by atoms with Crippen molar-refractivity contribution in [2.45, 2.75) is 58.2 Å². The molecule has 1 aromatic carbocycles. The van der Waals surface area contributed by atoms with Crippen LogP contribution in [0, 0.1) is 13.8 Å². The van der Waals surface area contributed by atoms with Crippen molar-refractivity contribution in [2.75, 3.05) is 11.1 Å². The third kappa shape index (κ3) is 6.64. The quantitative estimate of drug-likeness (QED) is 0.447. The van der Waals surface area contributed by atoms with E-state index in [-0.39, 0.29) is 17.1 Å². The lowest BCUT2D eigenvalue weighted by molar-refractivity contribution is -0.150. The molecule has 2 rings (SSSR count). The van der Waals surface area contributed by atoms with Crippen LogP contribution in [0.15, 0.2) is 35.5 Å². The number of aromatic nitrogens is 2. The molecule has 1 amide bonds. The predicted molar refractivity (Wildman–Crippen MR) is 112 cm³/mol. The van der Waals surface area contributed by atoms with Gasteiger partial charge in [-0.15, -0.1) is 0 Å². The third-order valence-electron chi connectivity index (χ3n) is 3.98. The summed E-state index contributed by atoms with van der Waals surface area (Å²) in [7, 11) is 0. The maximum atomic E-state index is 12.3. The van der Waals surface area contributed by atoms with Crippen LogP contribution in [0.3, 0.4) is 0 Å². The summed E-state index contributed by atoms with van der Waals surface area (Å²) in [5.41, 5.74) is 3.57. The van der Waals surface area contributed by atoms with Crippen LogP contribution in [0.5, 0.6) is 0 Å². The van der Waals surface area contributed by atoms with Gasteiger partial charge >= 0.3 is 5.97 Å². The number of hydrogen-bond acceptors (Lipinski definition) is 6. The van der Waals surface area contributed by atoms with Gasteiger partial charge in [0, 0.05) is 17.1 Å². The van der Waals surface area contributed by atoms with Crippen molar-refractivity contribution >= 4 is 29.3 Å². The molecule has 1 heterocycles. The average Bonchev–Trinajstić information content (AvgIpc) is 2.58. The van der Waals surface area contributed by atoms with E-state index >= 15 is 0 Å². The lowest BCUT2D eigenvalue weighted by Gasteiger charge is -2.19. The van der Waals surface area contributed by atoms with Crippen LogP contribution in [0.2, 0.25) is 0 Å². The first-order valence-corrected chi connectivity index (χ1v) is 10.1. The highest BCUT2D eigenvalue weighted by atomic mass is 32.2. The van der Waals surface area contributed by atoms with Gasteiger partial charge in [-0.05, 0) is 49.9 Å². The summed E-state index contributed by atoms with van der Waals surface area (Å²) in [6, 6.07) is 9.52. The van der Waals surface area contributed by atoms with Gasteiger partial charge in [-0.3, -0.25) is 9.59 Å². The van der Waals surface area contributed by atoms with Gasteiger partial charge < -0.3 is 10.1 Å². The monoisotopic (exact) mass is 401 g/mol. The van der Waals surface area contributed by atoms with Gasteiger partial charge in [0.15, 0.2) is 11.3 Å². The Morgan fingerprint density at radius 2 is 1.68 bits per heavy atom. The fourth-order valence-corrected chi connectivity index (χ4v) is 3.20. The van der Waals surface area contributed by atoms with E-state index in [0.717, 1.165) is 11.4 Å². The van der Waals surface area contributed by atoms with Crippen LogP contribution in [-0.2, 0) is 19.7 Å². The number of carbonyl (C=O) groups is 2. The highest BCUT2D eigenvalue weighted by Gasteiger charge is 2.19. The first kappa shape index (κ1) is 21.9.